The zero-order valence-electron chi connectivity index (χ0n) is 13.1. The summed E-state index contributed by atoms with van der Waals surface area (Å²) in [6.07, 6.45) is -4.34. The Morgan fingerprint density at radius 1 is 0.750 bits per heavy atom. The lowest BCUT2D eigenvalue weighted by Gasteiger charge is -2.13. The first-order valence-electron chi connectivity index (χ1n) is 7.26. The van der Waals surface area contributed by atoms with E-state index in [2.05, 4.69) is 0 Å². The maximum absolute atomic E-state index is 12.7. The van der Waals surface area contributed by atoms with Crippen molar-refractivity contribution in [2.24, 2.45) is 0 Å². The van der Waals surface area contributed by atoms with Crippen LogP contribution in [0.4, 0.5) is 13.2 Å². The zero-order chi connectivity index (χ0) is 17.3. The fraction of sp³-hybridized carbons (Fsp3) is 0.158. The van der Waals surface area contributed by atoms with E-state index in [4.69, 9.17) is 9.47 Å². The molecule has 24 heavy (non-hydrogen) atoms. The highest BCUT2D eigenvalue weighted by molar-refractivity contribution is 6.00. The van der Waals surface area contributed by atoms with Crippen molar-refractivity contribution in [2.45, 2.75) is 6.18 Å². The lowest BCUT2D eigenvalue weighted by atomic mass is 9.96. The third kappa shape index (κ3) is 2.89. The van der Waals surface area contributed by atoms with Gasteiger partial charge in [-0.15, -0.1) is 0 Å². The maximum Gasteiger partial charge on any atom is 0.416 e. The lowest BCUT2D eigenvalue weighted by molar-refractivity contribution is -0.137. The molecular weight excluding hydrogens is 317 g/mol. The van der Waals surface area contributed by atoms with Gasteiger partial charge in [-0.2, -0.15) is 13.2 Å². The Bertz CT molecular complexity index is 868. The van der Waals surface area contributed by atoms with Crippen LogP contribution in [0.2, 0.25) is 0 Å². The van der Waals surface area contributed by atoms with Gasteiger partial charge in [0.1, 0.15) is 11.5 Å². The minimum absolute atomic E-state index is 0.665. The van der Waals surface area contributed by atoms with Crippen molar-refractivity contribution in [1.82, 2.24) is 0 Å². The molecule has 124 valence electrons. The Balaban J connectivity index is 2.18. The van der Waals surface area contributed by atoms with Crippen LogP contribution in [0.5, 0.6) is 11.5 Å². The SMILES string of the molecule is COc1ccc2c(OC)ccc(-c3ccc(C(F)(F)F)cc3)c2c1. The Labute approximate surface area is 137 Å². The molecule has 0 saturated heterocycles. The monoisotopic (exact) mass is 332 g/mol. The van der Waals surface area contributed by atoms with Gasteiger partial charge >= 0.3 is 6.18 Å². The van der Waals surface area contributed by atoms with Gasteiger partial charge in [0.2, 0.25) is 0 Å². The van der Waals surface area contributed by atoms with Gasteiger partial charge in [0.25, 0.3) is 0 Å². The molecule has 0 radical (unpaired) electrons. The van der Waals surface area contributed by atoms with Crippen molar-refractivity contribution in [3.63, 3.8) is 0 Å². The summed E-state index contributed by atoms with van der Waals surface area (Å²) in [6, 6.07) is 14.3. The summed E-state index contributed by atoms with van der Waals surface area (Å²) in [5.41, 5.74) is 0.851. The molecule has 3 aromatic carbocycles. The molecule has 0 fully saturated rings. The van der Waals surface area contributed by atoms with Crippen molar-refractivity contribution < 1.29 is 22.6 Å². The molecule has 0 aliphatic carbocycles. The van der Waals surface area contributed by atoms with E-state index < -0.39 is 11.7 Å². The normalized spacial score (nSPS) is 11.5. The van der Waals surface area contributed by atoms with E-state index in [1.165, 1.54) is 12.1 Å². The van der Waals surface area contributed by atoms with Crippen LogP contribution in [0.15, 0.2) is 54.6 Å². The highest BCUT2D eigenvalue weighted by atomic mass is 19.4. The highest BCUT2D eigenvalue weighted by Crippen LogP contribution is 2.37. The third-order valence-electron chi connectivity index (χ3n) is 3.93. The predicted molar refractivity (Wildman–Crippen MR) is 87.5 cm³/mol. The molecular formula is C19H15F3O2. The molecule has 0 amide bonds. The van der Waals surface area contributed by atoms with E-state index in [1.54, 1.807) is 14.2 Å². The summed E-state index contributed by atoms with van der Waals surface area (Å²) in [5, 5.41) is 1.73. The number of fused-ring (bicyclic) bond motifs is 1. The van der Waals surface area contributed by atoms with Gasteiger partial charge in [0.15, 0.2) is 0 Å². The number of halogens is 3. The Morgan fingerprint density at radius 3 is 2.04 bits per heavy atom. The fourth-order valence-electron chi connectivity index (χ4n) is 2.70. The largest absolute Gasteiger partial charge is 0.497 e. The number of benzene rings is 3. The quantitative estimate of drug-likeness (QED) is 0.627. The summed E-state index contributed by atoms with van der Waals surface area (Å²) in [5.74, 6) is 1.37. The molecule has 0 saturated carbocycles. The predicted octanol–water partition coefficient (Wildman–Crippen LogP) is 5.54. The standard InChI is InChI=1S/C19H15F3O2/c1-23-14-7-8-16-17(11-14)15(9-10-18(16)24-2)12-3-5-13(6-4-12)19(20,21)22/h3-11H,1-2H3. The Morgan fingerprint density at radius 2 is 1.46 bits per heavy atom. The van der Waals surface area contributed by atoms with Gasteiger partial charge < -0.3 is 9.47 Å². The maximum atomic E-state index is 12.7. The van der Waals surface area contributed by atoms with Crippen LogP contribution in [-0.2, 0) is 6.18 Å². The molecule has 0 aliphatic rings. The van der Waals surface area contributed by atoms with Crippen molar-refractivity contribution in [3.05, 3.63) is 60.2 Å². The van der Waals surface area contributed by atoms with Gasteiger partial charge in [-0.05, 0) is 52.9 Å². The number of ether oxygens (including phenoxy) is 2. The van der Waals surface area contributed by atoms with Crippen LogP contribution in [0.25, 0.3) is 21.9 Å². The van der Waals surface area contributed by atoms with Crippen molar-refractivity contribution in [2.75, 3.05) is 14.2 Å². The Kier molecular flexibility index (Phi) is 4.09. The van der Waals surface area contributed by atoms with E-state index in [9.17, 15) is 13.2 Å². The first kappa shape index (κ1) is 16.2. The molecule has 0 aromatic heterocycles. The second-order valence-corrected chi connectivity index (χ2v) is 5.30. The molecule has 3 rings (SSSR count). The van der Waals surface area contributed by atoms with Crippen molar-refractivity contribution in [1.29, 1.82) is 0 Å². The van der Waals surface area contributed by atoms with Gasteiger partial charge in [-0.3, -0.25) is 0 Å². The van der Waals surface area contributed by atoms with Gasteiger partial charge in [0, 0.05) is 5.39 Å². The first-order valence-corrected chi connectivity index (χ1v) is 7.26. The molecule has 0 unspecified atom stereocenters. The number of rotatable bonds is 3. The van der Waals surface area contributed by atoms with Gasteiger partial charge in [0.05, 0.1) is 19.8 Å². The lowest BCUT2D eigenvalue weighted by Crippen LogP contribution is -2.04. The molecule has 0 aliphatic heterocycles. The van der Waals surface area contributed by atoms with Crippen LogP contribution in [0, 0.1) is 0 Å². The van der Waals surface area contributed by atoms with E-state index in [-0.39, 0.29) is 0 Å². The fourth-order valence-corrected chi connectivity index (χ4v) is 2.70. The van der Waals surface area contributed by atoms with Crippen LogP contribution < -0.4 is 9.47 Å². The van der Waals surface area contributed by atoms with Gasteiger partial charge in [-0.1, -0.05) is 18.2 Å². The molecule has 5 heteroatoms. The second kappa shape index (κ2) is 6.07. The van der Waals surface area contributed by atoms with E-state index in [1.807, 2.05) is 30.3 Å². The number of alkyl halides is 3. The van der Waals surface area contributed by atoms with Crippen molar-refractivity contribution in [3.8, 4) is 22.6 Å². The van der Waals surface area contributed by atoms with Crippen LogP contribution >= 0.6 is 0 Å². The van der Waals surface area contributed by atoms with E-state index in [0.717, 1.165) is 28.5 Å². The Hall–Kier alpha value is -2.69. The van der Waals surface area contributed by atoms with Gasteiger partial charge in [-0.25, -0.2) is 0 Å². The number of methoxy groups -OCH3 is 2. The molecule has 0 heterocycles. The molecule has 0 atom stereocenters. The molecule has 0 N–H and O–H groups in total. The number of hydrogen-bond acceptors (Lipinski definition) is 2. The number of hydrogen-bond donors (Lipinski definition) is 0. The summed E-state index contributed by atoms with van der Waals surface area (Å²) >= 11 is 0. The molecule has 2 nitrogen and oxygen atoms in total. The zero-order valence-corrected chi connectivity index (χ0v) is 13.1. The molecule has 3 aromatic rings. The summed E-state index contributed by atoms with van der Waals surface area (Å²) in [6.45, 7) is 0. The highest BCUT2D eigenvalue weighted by Gasteiger charge is 2.30. The molecule has 0 bridgehead atoms. The average Bonchev–Trinajstić information content (AvgIpc) is 2.59. The third-order valence-corrected chi connectivity index (χ3v) is 3.93. The molecule has 0 spiro atoms. The minimum Gasteiger partial charge on any atom is -0.497 e. The summed E-state index contributed by atoms with van der Waals surface area (Å²) < 4.78 is 48.8. The van der Waals surface area contributed by atoms with Crippen LogP contribution in [0.1, 0.15) is 5.56 Å². The summed E-state index contributed by atoms with van der Waals surface area (Å²) in [7, 11) is 3.15. The first-order chi connectivity index (χ1) is 11.4. The van der Waals surface area contributed by atoms with Crippen molar-refractivity contribution >= 4 is 10.8 Å². The summed E-state index contributed by atoms with van der Waals surface area (Å²) in [4.78, 5) is 0. The minimum atomic E-state index is -4.34. The van der Waals surface area contributed by atoms with E-state index in [0.29, 0.717) is 17.1 Å². The van der Waals surface area contributed by atoms with Crippen LogP contribution in [0.3, 0.4) is 0 Å². The smallest absolute Gasteiger partial charge is 0.416 e. The van der Waals surface area contributed by atoms with E-state index >= 15 is 0 Å². The second-order valence-electron chi connectivity index (χ2n) is 5.30. The topological polar surface area (TPSA) is 18.5 Å². The average molecular weight is 332 g/mol. The van der Waals surface area contributed by atoms with Crippen LogP contribution in [-0.4, -0.2) is 14.2 Å².